The van der Waals surface area contributed by atoms with Crippen LogP contribution in [0.1, 0.15) is 0 Å². The predicted molar refractivity (Wildman–Crippen MR) is 48.3 cm³/mol. The Labute approximate surface area is 85.3 Å². The van der Waals surface area contributed by atoms with Crippen molar-refractivity contribution in [3.63, 3.8) is 0 Å². The van der Waals surface area contributed by atoms with Crippen molar-refractivity contribution in [2.45, 2.75) is 6.72 Å². The van der Waals surface area contributed by atoms with Gasteiger partial charge in [0.2, 0.25) is 3.49 Å². The summed E-state index contributed by atoms with van der Waals surface area (Å²) < 4.78 is 21.2. The summed E-state index contributed by atoms with van der Waals surface area (Å²) in [5, 5.41) is 0. The third kappa shape index (κ3) is 3.12. The smallest absolute Gasteiger partial charge is 0.246 e. The zero-order valence-electron chi connectivity index (χ0n) is 3.97. The third-order valence-corrected chi connectivity index (χ3v) is 5.58. The standard InChI is InChI=1S/C3H2Br4F2/c4-2(5,1-8)3(6,7)9/h1H2. The van der Waals surface area contributed by atoms with Crippen LogP contribution in [-0.2, 0) is 0 Å². The molecule has 0 spiro atoms. The fraction of sp³-hybridized carbons (Fsp3) is 1.00. The van der Waals surface area contributed by atoms with E-state index < -0.39 is 13.4 Å². The van der Waals surface area contributed by atoms with Crippen LogP contribution >= 0.6 is 63.7 Å². The lowest BCUT2D eigenvalue weighted by molar-refractivity contribution is 0.353. The first kappa shape index (κ1) is 10.8. The average molecular weight is 396 g/mol. The van der Waals surface area contributed by atoms with Gasteiger partial charge in [-0.15, -0.1) is 0 Å². The normalized spacial score (nSPS) is 14.0. The van der Waals surface area contributed by atoms with E-state index in [0.717, 1.165) is 0 Å². The molecule has 0 aliphatic carbocycles. The van der Waals surface area contributed by atoms with Gasteiger partial charge in [0.05, 0.1) is 0 Å². The minimum absolute atomic E-state index is 0.875. The first-order valence-electron chi connectivity index (χ1n) is 1.82. The van der Waals surface area contributed by atoms with E-state index in [1.807, 2.05) is 0 Å². The number of hydrogen-bond donors (Lipinski definition) is 0. The lowest BCUT2D eigenvalue weighted by Gasteiger charge is -2.23. The highest BCUT2D eigenvalue weighted by molar-refractivity contribution is 9.30. The van der Waals surface area contributed by atoms with Crippen molar-refractivity contribution < 1.29 is 8.78 Å². The van der Waals surface area contributed by atoms with Gasteiger partial charge in [-0.05, 0) is 31.9 Å². The molecule has 0 atom stereocenters. The zero-order chi connectivity index (χ0) is 7.71. The number of hydrogen-bond acceptors (Lipinski definition) is 0. The molecule has 0 fully saturated rings. The van der Waals surface area contributed by atoms with Crippen LogP contribution in [0.5, 0.6) is 0 Å². The van der Waals surface area contributed by atoms with E-state index in [2.05, 4.69) is 63.7 Å². The molecule has 0 saturated carbocycles. The van der Waals surface area contributed by atoms with Crippen molar-refractivity contribution in [3.05, 3.63) is 0 Å². The molecule has 0 heterocycles. The maximum Gasteiger partial charge on any atom is 0.246 e. The molecule has 0 aromatic carbocycles. The first-order valence-corrected chi connectivity index (χ1v) is 4.99. The van der Waals surface area contributed by atoms with Crippen LogP contribution in [0.4, 0.5) is 8.78 Å². The van der Waals surface area contributed by atoms with E-state index in [4.69, 9.17) is 0 Å². The van der Waals surface area contributed by atoms with Crippen LogP contribution in [-0.4, -0.2) is 13.4 Å². The Morgan fingerprint density at radius 2 is 1.44 bits per heavy atom. The Kier molecular flexibility index (Phi) is 4.13. The van der Waals surface area contributed by atoms with Gasteiger partial charge in [0.1, 0.15) is 6.67 Å². The molecule has 0 bridgehead atoms. The van der Waals surface area contributed by atoms with Gasteiger partial charge in [-0.2, -0.15) is 0 Å². The Morgan fingerprint density at radius 1 is 1.11 bits per heavy atom. The van der Waals surface area contributed by atoms with Gasteiger partial charge in [-0.25, -0.2) is 8.78 Å². The van der Waals surface area contributed by atoms with Gasteiger partial charge >= 0.3 is 0 Å². The second kappa shape index (κ2) is 3.45. The van der Waals surface area contributed by atoms with E-state index in [0.29, 0.717) is 0 Å². The molecule has 0 unspecified atom stereocenters. The monoisotopic (exact) mass is 392 g/mol. The summed E-state index contributed by atoms with van der Waals surface area (Å²) in [5.41, 5.74) is 0. The van der Waals surface area contributed by atoms with Crippen molar-refractivity contribution in [2.75, 3.05) is 6.67 Å². The molecule has 0 aromatic rings. The summed E-state index contributed by atoms with van der Waals surface area (Å²) in [5.74, 6) is 0. The first-order chi connectivity index (χ1) is 3.81. The third-order valence-electron chi connectivity index (χ3n) is 0.583. The topological polar surface area (TPSA) is 0 Å². The maximum absolute atomic E-state index is 12.7. The molecule has 0 aliphatic heterocycles. The van der Waals surface area contributed by atoms with Crippen molar-refractivity contribution >= 4 is 63.7 Å². The molecular weight excluding hydrogens is 394 g/mol. The van der Waals surface area contributed by atoms with Crippen LogP contribution in [0.25, 0.3) is 0 Å². The Bertz CT molecular complexity index is 96.5. The zero-order valence-corrected chi connectivity index (χ0v) is 10.3. The number of alkyl halides is 6. The van der Waals surface area contributed by atoms with Gasteiger partial charge in [-0.1, -0.05) is 31.9 Å². The van der Waals surface area contributed by atoms with E-state index in [9.17, 15) is 8.78 Å². The average Bonchev–Trinajstić information content (AvgIpc) is 1.64. The van der Waals surface area contributed by atoms with Gasteiger partial charge in [0.15, 0.2) is 3.23 Å². The fourth-order valence-corrected chi connectivity index (χ4v) is 0.288. The Balaban J connectivity index is 4.14. The molecule has 0 aliphatic rings. The van der Waals surface area contributed by atoms with Crippen LogP contribution in [0.2, 0.25) is 0 Å². The SMILES string of the molecule is FCC(Br)(Br)C(F)(Br)Br. The molecule has 6 heteroatoms. The maximum atomic E-state index is 12.7. The quantitative estimate of drug-likeness (QED) is 0.623. The van der Waals surface area contributed by atoms with E-state index in [-0.39, 0.29) is 0 Å². The summed E-state index contributed by atoms with van der Waals surface area (Å²) in [7, 11) is 0. The molecule has 0 nitrogen and oxygen atoms in total. The highest BCUT2D eigenvalue weighted by atomic mass is 79.9. The molecule has 0 radical (unpaired) electrons. The van der Waals surface area contributed by atoms with Crippen molar-refractivity contribution in [3.8, 4) is 0 Å². The molecule has 0 N–H and O–H groups in total. The second-order valence-electron chi connectivity index (χ2n) is 1.34. The van der Waals surface area contributed by atoms with Gasteiger partial charge in [0.25, 0.3) is 0 Å². The van der Waals surface area contributed by atoms with Gasteiger partial charge in [-0.3, -0.25) is 0 Å². The molecule has 9 heavy (non-hydrogen) atoms. The molecule has 56 valence electrons. The van der Waals surface area contributed by atoms with Gasteiger partial charge < -0.3 is 0 Å². The van der Waals surface area contributed by atoms with Gasteiger partial charge in [0, 0.05) is 0 Å². The van der Waals surface area contributed by atoms with Crippen LogP contribution < -0.4 is 0 Å². The lowest BCUT2D eigenvalue weighted by Crippen LogP contribution is -2.31. The molecule has 0 aromatic heterocycles. The number of halogens is 6. The minimum Gasteiger partial charge on any atom is -0.248 e. The van der Waals surface area contributed by atoms with E-state index in [1.165, 1.54) is 0 Å². The summed E-state index contributed by atoms with van der Waals surface area (Å²) in [6, 6.07) is 0. The second-order valence-corrected chi connectivity index (χ2v) is 8.36. The van der Waals surface area contributed by atoms with E-state index in [1.54, 1.807) is 0 Å². The van der Waals surface area contributed by atoms with Crippen molar-refractivity contribution in [1.82, 2.24) is 0 Å². The summed E-state index contributed by atoms with van der Waals surface area (Å²) in [6.07, 6.45) is 0. The lowest BCUT2D eigenvalue weighted by atomic mass is 10.5. The number of rotatable bonds is 2. The highest BCUT2D eigenvalue weighted by Gasteiger charge is 2.45. The van der Waals surface area contributed by atoms with Crippen LogP contribution in [0, 0.1) is 0 Å². The Hall–Kier alpha value is 1.78. The molecule has 0 amide bonds. The largest absolute Gasteiger partial charge is 0.248 e. The van der Waals surface area contributed by atoms with Crippen LogP contribution in [0.3, 0.4) is 0 Å². The summed E-state index contributed by atoms with van der Waals surface area (Å²) in [4.78, 5) is 0. The van der Waals surface area contributed by atoms with Crippen molar-refractivity contribution in [2.24, 2.45) is 0 Å². The summed E-state index contributed by atoms with van der Waals surface area (Å²) >= 11 is 10.7. The predicted octanol–water partition coefficient (Wildman–Crippen LogP) is 3.86. The molecule has 0 rings (SSSR count). The fourth-order valence-electron chi connectivity index (χ4n) is 0.0758. The Morgan fingerprint density at radius 3 is 1.44 bits per heavy atom. The molecule has 0 saturated heterocycles. The van der Waals surface area contributed by atoms with Crippen molar-refractivity contribution in [1.29, 1.82) is 0 Å². The summed E-state index contributed by atoms with van der Waals surface area (Å²) in [6.45, 7) is -0.875. The minimum atomic E-state index is -1.97. The molecular formula is C3H2Br4F2. The van der Waals surface area contributed by atoms with E-state index >= 15 is 0 Å². The highest BCUT2D eigenvalue weighted by Crippen LogP contribution is 2.49. The van der Waals surface area contributed by atoms with Crippen LogP contribution in [0.15, 0.2) is 0 Å².